The molecule has 1 heterocycles. The number of amidine groups is 1. The summed E-state index contributed by atoms with van der Waals surface area (Å²) >= 11 is 0. The van der Waals surface area contributed by atoms with Crippen LogP contribution < -0.4 is 5.73 Å². The van der Waals surface area contributed by atoms with E-state index in [1.807, 2.05) is 7.05 Å². The van der Waals surface area contributed by atoms with E-state index in [1.165, 1.54) is 32.1 Å². The van der Waals surface area contributed by atoms with Crippen LogP contribution in [0, 0.1) is 11.3 Å². The van der Waals surface area contributed by atoms with Gasteiger partial charge in [-0.3, -0.25) is 4.79 Å². The Labute approximate surface area is 126 Å². The molecule has 6 nitrogen and oxygen atoms in total. The van der Waals surface area contributed by atoms with Crippen molar-refractivity contribution in [3.05, 3.63) is 0 Å². The molecular weight excluding hydrogens is 270 g/mol. The molecule has 1 saturated heterocycles. The molecule has 0 radical (unpaired) electrons. The van der Waals surface area contributed by atoms with Gasteiger partial charge in [-0.2, -0.15) is 0 Å². The van der Waals surface area contributed by atoms with E-state index in [-0.39, 0.29) is 11.7 Å². The van der Waals surface area contributed by atoms with Gasteiger partial charge >= 0.3 is 0 Å². The first-order valence-electron chi connectivity index (χ1n) is 7.91. The number of oxime groups is 1. The lowest BCUT2D eigenvalue weighted by atomic mass is 9.77. The fraction of sp³-hybridized carbons (Fsp3) is 0.867. The molecule has 120 valence electrons. The van der Waals surface area contributed by atoms with Crippen molar-refractivity contribution in [3.8, 4) is 0 Å². The standard InChI is InChI=1S/C15H27N3O3/c1-18(11-12-5-3-2-4-6-12)14(19)15(13(16)17-20)7-9-21-10-8-15/h12,20H,2-11H2,1H3,(H2,16,17). The first kappa shape index (κ1) is 16.1. The molecule has 1 saturated carbocycles. The Morgan fingerprint density at radius 1 is 1.33 bits per heavy atom. The molecule has 0 atom stereocenters. The van der Waals surface area contributed by atoms with Crippen molar-refractivity contribution in [1.29, 1.82) is 0 Å². The zero-order chi connectivity index (χ0) is 15.3. The monoisotopic (exact) mass is 297 g/mol. The van der Waals surface area contributed by atoms with Crippen LogP contribution in [-0.4, -0.2) is 48.7 Å². The lowest BCUT2D eigenvalue weighted by Crippen LogP contribution is -2.53. The van der Waals surface area contributed by atoms with Gasteiger partial charge in [-0.05, 0) is 31.6 Å². The van der Waals surface area contributed by atoms with Crippen LogP contribution in [0.2, 0.25) is 0 Å². The Morgan fingerprint density at radius 3 is 2.52 bits per heavy atom. The number of ether oxygens (including phenoxy) is 1. The fourth-order valence-corrected chi connectivity index (χ4v) is 3.60. The predicted molar refractivity (Wildman–Crippen MR) is 80.1 cm³/mol. The molecule has 2 fully saturated rings. The maximum atomic E-state index is 12.9. The van der Waals surface area contributed by atoms with Crippen LogP contribution in [0.4, 0.5) is 0 Å². The molecular formula is C15H27N3O3. The van der Waals surface area contributed by atoms with E-state index in [1.54, 1.807) is 4.90 Å². The Kier molecular flexibility index (Phi) is 5.45. The third-order valence-corrected chi connectivity index (χ3v) is 4.96. The largest absolute Gasteiger partial charge is 0.409 e. The second kappa shape index (κ2) is 7.11. The maximum Gasteiger partial charge on any atom is 0.236 e. The van der Waals surface area contributed by atoms with E-state index >= 15 is 0 Å². The van der Waals surface area contributed by atoms with Gasteiger partial charge in [0, 0.05) is 26.8 Å². The summed E-state index contributed by atoms with van der Waals surface area (Å²) in [5.41, 5.74) is 4.96. The van der Waals surface area contributed by atoms with E-state index in [0.717, 1.165) is 6.54 Å². The van der Waals surface area contributed by atoms with Crippen molar-refractivity contribution >= 4 is 11.7 Å². The SMILES string of the molecule is CN(CC1CCCCC1)C(=O)C1(C(N)=NO)CCOCC1. The molecule has 0 bridgehead atoms. The summed E-state index contributed by atoms with van der Waals surface area (Å²) in [6, 6.07) is 0. The number of amides is 1. The molecule has 6 heteroatoms. The first-order chi connectivity index (χ1) is 10.1. The second-order valence-corrected chi connectivity index (χ2v) is 6.37. The van der Waals surface area contributed by atoms with Gasteiger partial charge in [0.15, 0.2) is 5.84 Å². The Balaban J connectivity index is 2.06. The van der Waals surface area contributed by atoms with Gasteiger partial charge in [-0.25, -0.2) is 0 Å². The van der Waals surface area contributed by atoms with Crippen LogP contribution >= 0.6 is 0 Å². The molecule has 2 aliphatic rings. The van der Waals surface area contributed by atoms with Crippen LogP contribution in [0.3, 0.4) is 0 Å². The minimum Gasteiger partial charge on any atom is -0.409 e. The van der Waals surface area contributed by atoms with E-state index < -0.39 is 5.41 Å². The van der Waals surface area contributed by atoms with Crippen LogP contribution in [0.15, 0.2) is 5.16 Å². The molecule has 1 aliphatic carbocycles. The van der Waals surface area contributed by atoms with Crippen molar-refractivity contribution in [3.63, 3.8) is 0 Å². The van der Waals surface area contributed by atoms with Crippen molar-refractivity contribution in [2.45, 2.75) is 44.9 Å². The maximum absolute atomic E-state index is 12.9. The minimum absolute atomic E-state index is 0.0197. The number of carbonyl (C=O) groups is 1. The third-order valence-electron chi connectivity index (χ3n) is 4.96. The van der Waals surface area contributed by atoms with E-state index in [0.29, 0.717) is 32.0 Å². The van der Waals surface area contributed by atoms with Crippen LogP contribution in [0.25, 0.3) is 0 Å². The number of nitrogens with two attached hydrogens (primary N) is 1. The van der Waals surface area contributed by atoms with Gasteiger partial charge in [-0.15, -0.1) is 0 Å². The molecule has 0 spiro atoms. The van der Waals surface area contributed by atoms with Crippen LogP contribution in [0.1, 0.15) is 44.9 Å². The van der Waals surface area contributed by atoms with E-state index in [9.17, 15) is 4.79 Å². The quantitative estimate of drug-likeness (QED) is 0.357. The topological polar surface area (TPSA) is 88.2 Å². The van der Waals surface area contributed by atoms with Crippen LogP contribution in [-0.2, 0) is 9.53 Å². The number of hydrogen-bond acceptors (Lipinski definition) is 4. The van der Waals surface area contributed by atoms with E-state index in [4.69, 9.17) is 15.7 Å². The molecule has 0 aromatic heterocycles. The van der Waals surface area contributed by atoms with Crippen molar-refractivity contribution < 1.29 is 14.7 Å². The third kappa shape index (κ3) is 3.48. The van der Waals surface area contributed by atoms with Gasteiger partial charge < -0.3 is 20.6 Å². The van der Waals surface area contributed by atoms with Gasteiger partial charge in [0.05, 0.1) is 0 Å². The summed E-state index contributed by atoms with van der Waals surface area (Å²) in [6.07, 6.45) is 7.17. The first-order valence-corrected chi connectivity index (χ1v) is 7.91. The van der Waals surface area contributed by atoms with E-state index in [2.05, 4.69) is 5.16 Å². The molecule has 3 N–H and O–H groups in total. The summed E-state index contributed by atoms with van der Waals surface area (Å²) in [7, 11) is 1.83. The molecule has 0 aromatic rings. The molecule has 0 aromatic carbocycles. The highest BCUT2D eigenvalue weighted by molar-refractivity contribution is 6.06. The van der Waals surface area contributed by atoms with Crippen molar-refractivity contribution in [2.75, 3.05) is 26.8 Å². The number of carbonyl (C=O) groups excluding carboxylic acids is 1. The zero-order valence-electron chi connectivity index (χ0n) is 12.9. The second-order valence-electron chi connectivity index (χ2n) is 6.37. The lowest BCUT2D eigenvalue weighted by molar-refractivity contribution is -0.142. The summed E-state index contributed by atoms with van der Waals surface area (Å²) in [5.74, 6) is 0.565. The molecule has 0 unspecified atom stereocenters. The number of rotatable bonds is 4. The van der Waals surface area contributed by atoms with Gasteiger partial charge in [0.2, 0.25) is 5.91 Å². The van der Waals surface area contributed by atoms with Crippen molar-refractivity contribution in [1.82, 2.24) is 4.90 Å². The Bertz CT molecular complexity index is 386. The highest BCUT2D eigenvalue weighted by Crippen LogP contribution is 2.34. The molecule has 2 rings (SSSR count). The van der Waals surface area contributed by atoms with Gasteiger partial charge in [0.25, 0.3) is 0 Å². The Morgan fingerprint density at radius 2 is 1.95 bits per heavy atom. The number of hydrogen-bond donors (Lipinski definition) is 2. The highest BCUT2D eigenvalue weighted by atomic mass is 16.5. The van der Waals surface area contributed by atoms with Gasteiger partial charge in [-0.1, -0.05) is 24.4 Å². The predicted octanol–water partition coefficient (Wildman–Crippen LogP) is 1.57. The average Bonchev–Trinajstić information content (AvgIpc) is 2.54. The molecule has 1 amide bonds. The number of nitrogens with zero attached hydrogens (tertiary/aromatic N) is 2. The molecule has 21 heavy (non-hydrogen) atoms. The average molecular weight is 297 g/mol. The normalized spacial score (nSPS) is 23.8. The highest BCUT2D eigenvalue weighted by Gasteiger charge is 2.46. The smallest absolute Gasteiger partial charge is 0.236 e. The van der Waals surface area contributed by atoms with Gasteiger partial charge in [0.1, 0.15) is 5.41 Å². The summed E-state index contributed by atoms with van der Waals surface area (Å²) in [5, 5.41) is 12.2. The Hall–Kier alpha value is -1.30. The molecule has 1 aliphatic heterocycles. The summed E-state index contributed by atoms with van der Waals surface area (Å²) < 4.78 is 5.34. The lowest BCUT2D eigenvalue weighted by Gasteiger charge is -2.38. The van der Waals surface area contributed by atoms with Crippen LogP contribution in [0.5, 0.6) is 0 Å². The minimum atomic E-state index is -0.892. The fourth-order valence-electron chi connectivity index (χ4n) is 3.60. The summed E-state index contributed by atoms with van der Waals surface area (Å²) in [4.78, 5) is 14.7. The van der Waals surface area contributed by atoms with Crippen molar-refractivity contribution in [2.24, 2.45) is 22.2 Å². The summed E-state index contributed by atoms with van der Waals surface area (Å²) in [6.45, 7) is 1.71. The zero-order valence-corrected chi connectivity index (χ0v) is 12.9.